The molecule has 0 fully saturated rings. The Kier molecular flexibility index (Phi) is 4.42. The number of ether oxygens (including phenoxy) is 1. The van der Waals surface area contributed by atoms with E-state index in [0.717, 1.165) is 16.5 Å². The molecule has 23 heavy (non-hydrogen) atoms. The summed E-state index contributed by atoms with van der Waals surface area (Å²) in [6.07, 6.45) is 2.41. The molecular formula is C19H18FNO2. The van der Waals surface area contributed by atoms with Crippen molar-refractivity contribution in [2.24, 2.45) is 0 Å². The van der Waals surface area contributed by atoms with Crippen molar-refractivity contribution in [3.8, 4) is 0 Å². The molecule has 3 nitrogen and oxygen atoms in total. The minimum atomic E-state index is -0.415. The number of aromatic nitrogens is 1. The topological polar surface area (TPSA) is 31.2 Å². The van der Waals surface area contributed by atoms with Crippen molar-refractivity contribution in [2.75, 3.05) is 0 Å². The molecule has 0 radical (unpaired) electrons. The smallest absolute Gasteiger partial charge is 0.329 e. The molecule has 0 saturated heterocycles. The van der Waals surface area contributed by atoms with Crippen LogP contribution in [0.15, 0.2) is 60.8 Å². The van der Waals surface area contributed by atoms with Gasteiger partial charge in [-0.15, -0.1) is 0 Å². The van der Waals surface area contributed by atoms with Crippen LogP contribution in [0.2, 0.25) is 0 Å². The average molecular weight is 311 g/mol. The van der Waals surface area contributed by atoms with Crippen LogP contribution in [0.25, 0.3) is 10.9 Å². The lowest BCUT2D eigenvalue weighted by Crippen LogP contribution is -2.20. The zero-order valence-corrected chi connectivity index (χ0v) is 12.9. The molecule has 0 N–H and O–H groups in total. The molecule has 0 amide bonds. The summed E-state index contributed by atoms with van der Waals surface area (Å²) in [6, 6.07) is 15.5. The third-order valence-electron chi connectivity index (χ3n) is 3.90. The third-order valence-corrected chi connectivity index (χ3v) is 3.90. The maximum absolute atomic E-state index is 13.3. The predicted molar refractivity (Wildman–Crippen MR) is 87.5 cm³/mol. The first-order valence-corrected chi connectivity index (χ1v) is 7.65. The molecule has 0 spiro atoms. The molecular weight excluding hydrogens is 293 g/mol. The maximum Gasteiger partial charge on any atom is 0.329 e. The second-order valence-corrected chi connectivity index (χ2v) is 5.44. The van der Waals surface area contributed by atoms with Crippen molar-refractivity contribution in [3.05, 3.63) is 72.2 Å². The van der Waals surface area contributed by atoms with E-state index in [1.165, 1.54) is 12.1 Å². The number of hydrogen-bond acceptors (Lipinski definition) is 2. The molecule has 3 rings (SSSR count). The summed E-state index contributed by atoms with van der Waals surface area (Å²) in [5, 5.41) is 0.777. The largest absolute Gasteiger partial charge is 0.459 e. The zero-order valence-electron chi connectivity index (χ0n) is 12.9. The number of benzene rings is 2. The van der Waals surface area contributed by atoms with E-state index in [-0.39, 0.29) is 18.4 Å². The highest BCUT2D eigenvalue weighted by atomic mass is 19.1. The van der Waals surface area contributed by atoms with Crippen LogP contribution in [0, 0.1) is 5.82 Å². The van der Waals surface area contributed by atoms with Crippen LogP contribution in [0.3, 0.4) is 0 Å². The number of carbonyl (C=O) groups excluding carboxylic acids is 1. The van der Waals surface area contributed by atoms with Gasteiger partial charge >= 0.3 is 5.97 Å². The molecule has 1 atom stereocenters. The van der Waals surface area contributed by atoms with E-state index in [0.29, 0.717) is 6.42 Å². The maximum atomic E-state index is 13.3. The highest BCUT2D eigenvalue weighted by Gasteiger charge is 2.21. The van der Waals surface area contributed by atoms with E-state index >= 15 is 0 Å². The lowest BCUT2D eigenvalue weighted by molar-refractivity contribution is -0.149. The molecule has 0 aliphatic carbocycles. The lowest BCUT2D eigenvalue weighted by Gasteiger charge is -2.17. The molecule has 1 unspecified atom stereocenters. The fraction of sp³-hybridized carbons (Fsp3) is 0.211. The van der Waals surface area contributed by atoms with Crippen molar-refractivity contribution < 1.29 is 13.9 Å². The van der Waals surface area contributed by atoms with Crippen LogP contribution in [0.4, 0.5) is 4.39 Å². The Bertz CT molecular complexity index is 811. The molecule has 118 valence electrons. The van der Waals surface area contributed by atoms with Crippen molar-refractivity contribution in [1.29, 1.82) is 0 Å². The summed E-state index contributed by atoms with van der Waals surface area (Å²) in [4.78, 5) is 12.4. The van der Waals surface area contributed by atoms with Crippen LogP contribution >= 0.6 is 0 Å². The lowest BCUT2D eigenvalue weighted by atomic mass is 10.2. The summed E-state index contributed by atoms with van der Waals surface area (Å²) in [7, 11) is 0. The van der Waals surface area contributed by atoms with Gasteiger partial charge in [-0.3, -0.25) is 0 Å². The van der Waals surface area contributed by atoms with E-state index in [2.05, 4.69) is 0 Å². The number of hydrogen-bond donors (Lipinski definition) is 0. The molecule has 2 aromatic carbocycles. The molecule has 3 aromatic rings. The van der Waals surface area contributed by atoms with Crippen LogP contribution in [-0.2, 0) is 16.1 Å². The van der Waals surface area contributed by atoms with Gasteiger partial charge in [0.05, 0.1) is 0 Å². The van der Waals surface area contributed by atoms with Gasteiger partial charge < -0.3 is 9.30 Å². The van der Waals surface area contributed by atoms with Crippen LogP contribution < -0.4 is 0 Å². The standard InChI is InChI=1S/C19H18FNO2/c1-2-17(19(22)23-13-14-6-4-3-5-7-14)21-11-10-15-12-16(20)8-9-18(15)21/h3-12,17H,2,13H2,1H3. The number of carbonyl (C=O) groups is 1. The molecule has 1 heterocycles. The molecule has 4 heteroatoms. The summed E-state index contributed by atoms with van der Waals surface area (Å²) in [5.41, 5.74) is 1.78. The summed E-state index contributed by atoms with van der Waals surface area (Å²) >= 11 is 0. The molecule has 0 aliphatic rings. The fourth-order valence-corrected chi connectivity index (χ4v) is 2.71. The fourth-order valence-electron chi connectivity index (χ4n) is 2.71. The number of esters is 1. The Morgan fingerprint density at radius 3 is 2.70 bits per heavy atom. The van der Waals surface area contributed by atoms with E-state index in [9.17, 15) is 9.18 Å². The van der Waals surface area contributed by atoms with Crippen LogP contribution in [0.1, 0.15) is 24.9 Å². The number of nitrogens with zero attached hydrogens (tertiary/aromatic N) is 1. The third kappa shape index (κ3) is 3.26. The SMILES string of the molecule is CCC(C(=O)OCc1ccccc1)n1ccc2cc(F)ccc21. The van der Waals surface area contributed by atoms with E-state index in [1.807, 2.05) is 54.1 Å². The second kappa shape index (κ2) is 6.65. The second-order valence-electron chi connectivity index (χ2n) is 5.44. The van der Waals surface area contributed by atoms with E-state index < -0.39 is 6.04 Å². The highest BCUT2D eigenvalue weighted by Crippen LogP contribution is 2.24. The Morgan fingerprint density at radius 1 is 1.17 bits per heavy atom. The number of fused-ring (bicyclic) bond motifs is 1. The highest BCUT2D eigenvalue weighted by molar-refractivity contribution is 5.83. The van der Waals surface area contributed by atoms with Gasteiger partial charge in [0.2, 0.25) is 0 Å². The average Bonchev–Trinajstić information content (AvgIpc) is 2.97. The number of halogens is 1. The van der Waals surface area contributed by atoms with Crippen molar-refractivity contribution >= 4 is 16.9 Å². The minimum absolute atomic E-state index is 0.254. The van der Waals surface area contributed by atoms with E-state index in [4.69, 9.17) is 4.74 Å². The van der Waals surface area contributed by atoms with Crippen molar-refractivity contribution in [1.82, 2.24) is 4.57 Å². The quantitative estimate of drug-likeness (QED) is 0.651. The first kappa shape index (κ1) is 15.3. The molecule has 0 aliphatic heterocycles. The molecule has 0 bridgehead atoms. The summed E-state index contributed by atoms with van der Waals surface area (Å²) in [6.45, 7) is 2.19. The van der Waals surface area contributed by atoms with Crippen LogP contribution in [0.5, 0.6) is 0 Å². The van der Waals surface area contributed by atoms with Gasteiger partial charge in [0.15, 0.2) is 0 Å². The van der Waals surface area contributed by atoms with Crippen molar-refractivity contribution in [2.45, 2.75) is 26.0 Å². The Labute approximate surface area is 134 Å². The predicted octanol–water partition coefficient (Wildman–Crippen LogP) is 4.47. The summed E-state index contributed by atoms with van der Waals surface area (Å²) < 4.78 is 20.6. The van der Waals surface area contributed by atoms with Crippen LogP contribution in [-0.4, -0.2) is 10.5 Å². The number of rotatable bonds is 5. The molecule has 0 saturated carbocycles. The summed E-state index contributed by atoms with van der Waals surface area (Å²) in [5.74, 6) is -0.562. The van der Waals surface area contributed by atoms with Gasteiger partial charge in [-0.2, -0.15) is 0 Å². The van der Waals surface area contributed by atoms with Crippen molar-refractivity contribution in [3.63, 3.8) is 0 Å². The monoisotopic (exact) mass is 311 g/mol. The Morgan fingerprint density at radius 2 is 1.96 bits per heavy atom. The van der Waals surface area contributed by atoms with E-state index in [1.54, 1.807) is 6.07 Å². The first-order chi connectivity index (χ1) is 11.2. The van der Waals surface area contributed by atoms with Gasteiger partial charge in [0, 0.05) is 17.1 Å². The van der Waals surface area contributed by atoms with Gasteiger partial charge in [0.1, 0.15) is 18.5 Å². The minimum Gasteiger partial charge on any atom is -0.459 e. The zero-order chi connectivity index (χ0) is 16.2. The first-order valence-electron chi connectivity index (χ1n) is 7.65. The Hall–Kier alpha value is -2.62. The van der Waals surface area contributed by atoms with Gasteiger partial charge in [-0.1, -0.05) is 37.3 Å². The van der Waals surface area contributed by atoms with Gasteiger partial charge in [-0.05, 0) is 36.2 Å². The molecule has 1 aromatic heterocycles. The Balaban J connectivity index is 1.79. The van der Waals surface area contributed by atoms with Gasteiger partial charge in [0.25, 0.3) is 0 Å². The van der Waals surface area contributed by atoms with Gasteiger partial charge in [-0.25, -0.2) is 9.18 Å². The normalized spacial score (nSPS) is 12.3.